The topological polar surface area (TPSA) is 96.9 Å². The van der Waals surface area contributed by atoms with E-state index in [1.807, 2.05) is 55.5 Å². The summed E-state index contributed by atoms with van der Waals surface area (Å²) >= 11 is 0. The number of hydrogen-bond donors (Lipinski definition) is 3. The number of alkyl halides is 1. The van der Waals surface area contributed by atoms with Crippen LogP contribution < -0.4 is 20.1 Å². The Morgan fingerprint density at radius 2 is 1.78 bits per heavy atom. The predicted molar refractivity (Wildman–Crippen MR) is 172 cm³/mol. The average molecular weight is 617 g/mol. The largest absolute Gasteiger partial charge is 0.496 e. The summed E-state index contributed by atoms with van der Waals surface area (Å²) < 4.78 is 41.2. The molecule has 236 valence electrons. The van der Waals surface area contributed by atoms with Crippen LogP contribution in [0.4, 0.5) is 14.5 Å². The SMILES string of the molecule is CCc1ccc(OC)c(-c2cccc3c(C[C@H](NC(=O)c4c(C)cc(NC5CC[C@]5(C)F)cc4F)C(=O)O)cccc23)c1OC. The van der Waals surface area contributed by atoms with Crippen LogP contribution in [0, 0.1) is 12.7 Å². The first-order valence-corrected chi connectivity index (χ1v) is 15.0. The number of halogens is 2. The number of carbonyl (C=O) groups excluding carboxylic acids is 1. The average Bonchev–Trinajstić information content (AvgIpc) is 3.01. The van der Waals surface area contributed by atoms with Gasteiger partial charge in [-0.25, -0.2) is 13.6 Å². The van der Waals surface area contributed by atoms with Gasteiger partial charge in [-0.15, -0.1) is 0 Å². The predicted octanol–water partition coefficient (Wildman–Crippen LogP) is 7.26. The summed E-state index contributed by atoms with van der Waals surface area (Å²) in [5.41, 5.74) is 2.41. The van der Waals surface area contributed by atoms with E-state index in [0.29, 0.717) is 41.2 Å². The summed E-state index contributed by atoms with van der Waals surface area (Å²) in [6.45, 7) is 5.11. The maximum atomic E-state index is 15.2. The zero-order valence-corrected chi connectivity index (χ0v) is 26.1. The summed E-state index contributed by atoms with van der Waals surface area (Å²) in [6, 6.07) is 16.2. The highest BCUT2D eigenvalue weighted by Crippen LogP contribution is 2.44. The van der Waals surface area contributed by atoms with Crippen molar-refractivity contribution >= 4 is 28.3 Å². The minimum absolute atomic E-state index is 0.0395. The van der Waals surface area contributed by atoms with Crippen molar-refractivity contribution in [1.82, 2.24) is 5.32 Å². The first-order valence-electron chi connectivity index (χ1n) is 15.0. The molecule has 0 radical (unpaired) electrons. The molecule has 3 N–H and O–H groups in total. The van der Waals surface area contributed by atoms with Gasteiger partial charge in [0.25, 0.3) is 5.91 Å². The van der Waals surface area contributed by atoms with Gasteiger partial charge in [0.1, 0.15) is 29.0 Å². The molecule has 1 fully saturated rings. The normalized spacial score (nSPS) is 18.2. The van der Waals surface area contributed by atoms with E-state index < -0.39 is 35.4 Å². The Morgan fingerprint density at radius 3 is 2.38 bits per heavy atom. The molecule has 0 bridgehead atoms. The molecule has 1 saturated carbocycles. The van der Waals surface area contributed by atoms with Crippen molar-refractivity contribution in [1.29, 1.82) is 0 Å². The Bertz CT molecular complexity index is 1750. The molecule has 3 atom stereocenters. The summed E-state index contributed by atoms with van der Waals surface area (Å²) in [5, 5.41) is 17.3. The molecular weight excluding hydrogens is 578 g/mol. The van der Waals surface area contributed by atoms with Crippen LogP contribution >= 0.6 is 0 Å². The van der Waals surface area contributed by atoms with E-state index in [1.54, 1.807) is 27.2 Å². The van der Waals surface area contributed by atoms with E-state index in [9.17, 15) is 19.1 Å². The lowest BCUT2D eigenvalue weighted by Crippen LogP contribution is -2.50. The zero-order chi connectivity index (χ0) is 32.5. The van der Waals surface area contributed by atoms with Gasteiger partial charge in [-0.3, -0.25) is 4.79 Å². The van der Waals surface area contributed by atoms with Gasteiger partial charge in [0.15, 0.2) is 0 Å². The minimum atomic E-state index is -1.38. The van der Waals surface area contributed by atoms with Crippen LogP contribution in [0.2, 0.25) is 0 Å². The zero-order valence-electron chi connectivity index (χ0n) is 26.1. The Balaban J connectivity index is 1.45. The van der Waals surface area contributed by atoms with Crippen LogP contribution in [0.1, 0.15) is 53.7 Å². The maximum absolute atomic E-state index is 15.2. The fourth-order valence-corrected chi connectivity index (χ4v) is 6.19. The molecule has 0 saturated heterocycles. The van der Waals surface area contributed by atoms with E-state index in [-0.39, 0.29) is 12.0 Å². The monoisotopic (exact) mass is 616 g/mol. The number of methoxy groups -OCH3 is 2. The number of fused-ring (bicyclic) bond motifs is 1. The second kappa shape index (κ2) is 12.8. The van der Waals surface area contributed by atoms with Crippen molar-refractivity contribution in [2.24, 2.45) is 0 Å². The Morgan fingerprint density at radius 1 is 1.04 bits per heavy atom. The second-order valence-corrected chi connectivity index (χ2v) is 11.7. The molecular formula is C36H38F2N2O5. The number of rotatable bonds is 11. The van der Waals surface area contributed by atoms with Crippen molar-refractivity contribution < 1.29 is 33.0 Å². The molecule has 4 aromatic carbocycles. The van der Waals surface area contributed by atoms with Crippen LogP contribution in [-0.2, 0) is 17.6 Å². The van der Waals surface area contributed by atoms with Crippen molar-refractivity contribution in [2.45, 2.75) is 64.2 Å². The lowest BCUT2D eigenvalue weighted by Gasteiger charge is -2.41. The third-order valence-electron chi connectivity index (χ3n) is 8.82. The smallest absolute Gasteiger partial charge is 0.326 e. The van der Waals surface area contributed by atoms with Crippen LogP contribution in [-0.4, -0.2) is 49.0 Å². The number of carboxylic acid groups (broad SMARTS) is 1. The van der Waals surface area contributed by atoms with Gasteiger partial charge in [0, 0.05) is 12.1 Å². The van der Waals surface area contributed by atoms with Gasteiger partial charge in [0.05, 0.1) is 31.4 Å². The van der Waals surface area contributed by atoms with E-state index in [2.05, 4.69) is 10.6 Å². The number of ether oxygens (including phenoxy) is 2. The van der Waals surface area contributed by atoms with Crippen LogP contribution in [0.25, 0.3) is 21.9 Å². The highest BCUT2D eigenvalue weighted by atomic mass is 19.1. The summed E-state index contributed by atoms with van der Waals surface area (Å²) in [7, 11) is 3.22. The summed E-state index contributed by atoms with van der Waals surface area (Å²) in [4.78, 5) is 25.7. The van der Waals surface area contributed by atoms with Gasteiger partial charge in [0.2, 0.25) is 0 Å². The number of benzene rings is 4. The van der Waals surface area contributed by atoms with Crippen molar-refractivity contribution in [3.8, 4) is 22.6 Å². The lowest BCUT2D eigenvalue weighted by atomic mass is 9.78. The Hall–Kier alpha value is -4.66. The summed E-state index contributed by atoms with van der Waals surface area (Å²) in [5.74, 6) is -1.56. The number of carbonyl (C=O) groups is 2. The first-order chi connectivity index (χ1) is 21.5. The van der Waals surface area contributed by atoms with Gasteiger partial charge in [-0.2, -0.15) is 0 Å². The highest BCUT2D eigenvalue weighted by Gasteiger charge is 2.43. The van der Waals surface area contributed by atoms with Crippen molar-refractivity contribution in [2.75, 3.05) is 19.5 Å². The highest BCUT2D eigenvalue weighted by molar-refractivity contribution is 6.02. The van der Waals surface area contributed by atoms with E-state index in [0.717, 1.165) is 39.9 Å². The second-order valence-electron chi connectivity index (χ2n) is 11.7. The summed E-state index contributed by atoms with van der Waals surface area (Å²) in [6.07, 6.45) is 1.77. The van der Waals surface area contributed by atoms with Gasteiger partial charge in [-0.05, 0) is 84.3 Å². The number of carboxylic acids is 1. The van der Waals surface area contributed by atoms with Gasteiger partial charge >= 0.3 is 5.97 Å². The molecule has 0 spiro atoms. The van der Waals surface area contributed by atoms with Crippen molar-refractivity contribution in [3.63, 3.8) is 0 Å². The van der Waals surface area contributed by atoms with Crippen molar-refractivity contribution in [3.05, 3.63) is 88.7 Å². The number of amides is 1. The number of hydrogen-bond acceptors (Lipinski definition) is 5. The first kappa shape index (κ1) is 31.8. The third-order valence-corrected chi connectivity index (χ3v) is 8.82. The van der Waals surface area contributed by atoms with E-state index in [1.165, 1.54) is 6.92 Å². The molecule has 0 aromatic heterocycles. The fourth-order valence-electron chi connectivity index (χ4n) is 6.19. The maximum Gasteiger partial charge on any atom is 0.326 e. The fraction of sp³-hybridized carbons (Fsp3) is 0.333. The van der Waals surface area contributed by atoms with Crippen LogP contribution in [0.3, 0.4) is 0 Å². The quantitative estimate of drug-likeness (QED) is 0.164. The third kappa shape index (κ3) is 6.16. The van der Waals surface area contributed by atoms with E-state index >= 15 is 4.39 Å². The molecule has 7 nitrogen and oxygen atoms in total. The van der Waals surface area contributed by atoms with Gasteiger partial charge < -0.3 is 25.2 Å². The molecule has 4 aromatic rings. The number of nitrogens with one attached hydrogen (secondary N) is 2. The number of aliphatic carboxylic acids is 1. The molecule has 1 amide bonds. The molecule has 0 aliphatic heterocycles. The molecule has 5 rings (SSSR count). The molecule has 1 unspecified atom stereocenters. The van der Waals surface area contributed by atoms with Gasteiger partial charge in [-0.1, -0.05) is 49.4 Å². The Labute approximate surface area is 261 Å². The minimum Gasteiger partial charge on any atom is -0.496 e. The number of anilines is 1. The standard InChI is InChI=1S/C36H38F2N2O5/c1-6-21-13-14-29(44-4)32(33(21)45-5)26-12-8-10-24-22(9-7-11-25(24)26)18-28(35(42)43)40-34(41)31-20(2)17-23(19-27(31)37)39-30-15-16-36(30,3)38/h7-14,17,19,28,30,39H,6,15-16,18H2,1-5H3,(H,40,41)(H,42,43)/t28-,30?,36-/m0/s1. The van der Waals surface area contributed by atoms with Crippen LogP contribution in [0.5, 0.6) is 11.5 Å². The molecule has 9 heteroatoms. The molecule has 45 heavy (non-hydrogen) atoms. The van der Waals surface area contributed by atoms with Crippen LogP contribution in [0.15, 0.2) is 60.7 Å². The van der Waals surface area contributed by atoms with E-state index in [4.69, 9.17) is 9.47 Å². The molecule has 1 aliphatic rings. The lowest BCUT2D eigenvalue weighted by molar-refractivity contribution is -0.139. The Kier molecular flexibility index (Phi) is 9.00. The number of aryl methyl sites for hydroxylation is 2. The molecule has 1 aliphatic carbocycles. The molecule has 0 heterocycles.